The summed E-state index contributed by atoms with van der Waals surface area (Å²) in [6.45, 7) is 1.37. The fraction of sp³-hybridized carbons (Fsp3) is 0.267. The molecule has 1 aliphatic rings. The van der Waals surface area contributed by atoms with Gasteiger partial charge in [-0.05, 0) is 17.7 Å². The van der Waals surface area contributed by atoms with Crippen LogP contribution in [-0.4, -0.2) is 44.9 Å². The topological polar surface area (TPSA) is 116 Å². The number of rotatable bonds is 4. The van der Waals surface area contributed by atoms with E-state index in [1.54, 1.807) is 24.3 Å². The van der Waals surface area contributed by atoms with Crippen LogP contribution in [0.4, 0.5) is 5.00 Å². The standard InChI is InChI=1S/C15H17N3O4S2/c16-14(19)11-4-2-1-3-10(11)12-9-13(23-15(12)17)24(20,21)18-5-7-22-8-6-18/h1-4,9H,5-8,17H2,(H2,16,19). The Bertz CT molecular complexity index is 871. The van der Waals surface area contributed by atoms with Gasteiger partial charge in [-0.1, -0.05) is 18.2 Å². The van der Waals surface area contributed by atoms with Crippen molar-refractivity contribution in [3.8, 4) is 11.1 Å². The van der Waals surface area contributed by atoms with Crippen LogP contribution in [0.3, 0.4) is 0 Å². The Hall–Kier alpha value is -1.94. The number of carbonyl (C=O) groups is 1. The second kappa shape index (κ2) is 6.52. The number of thiophene rings is 1. The summed E-state index contributed by atoms with van der Waals surface area (Å²) in [6, 6.07) is 8.23. The van der Waals surface area contributed by atoms with Crippen LogP contribution < -0.4 is 11.5 Å². The summed E-state index contributed by atoms with van der Waals surface area (Å²) in [5, 5.41) is 0.329. The molecule has 7 nitrogen and oxygen atoms in total. The van der Waals surface area contributed by atoms with Gasteiger partial charge < -0.3 is 16.2 Å². The second-order valence-corrected chi connectivity index (χ2v) is 8.52. The van der Waals surface area contributed by atoms with E-state index >= 15 is 0 Å². The van der Waals surface area contributed by atoms with Gasteiger partial charge in [0.25, 0.3) is 10.0 Å². The number of primary amides is 1. The van der Waals surface area contributed by atoms with Crippen molar-refractivity contribution in [2.45, 2.75) is 4.21 Å². The van der Waals surface area contributed by atoms with E-state index in [2.05, 4.69) is 0 Å². The summed E-state index contributed by atoms with van der Waals surface area (Å²) in [5.74, 6) is -0.589. The number of sulfonamides is 1. The first-order chi connectivity index (χ1) is 11.4. The molecule has 3 rings (SSSR count). The first-order valence-corrected chi connectivity index (χ1v) is 9.53. The number of anilines is 1. The highest BCUT2D eigenvalue weighted by atomic mass is 32.2. The smallest absolute Gasteiger partial charge is 0.252 e. The maximum Gasteiger partial charge on any atom is 0.252 e. The number of benzene rings is 1. The van der Waals surface area contributed by atoms with Crippen LogP contribution in [0, 0.1) is 0 Å². The van der Waals surface area contributed by atoms with E-state index in [1.807, 2.05) is 0 Å². The molecule has 9 heteroatoms. The number of nitrogens with two attached hydrogens (primary N) is 2. The average molecular weight is 367 g/mol. The van der Waals surface area contributed by atoms with Crippen molar-refractivity contribution >= 4 is 32.3 Å². The van der Waals surface area contributed by atoms with E-state index in [-0.39, 0.29) is 4.21 Å². The van der Waals surface area contributed by atoms with Gasteiger partial charge in [0.1, 0.15) is 4.21 Å². The number of nitrogens with zero attached hydrogens (tertiary/aromatic N) is 1. The molecule has 1 aromatic heterocycles. The normalized spacial score (nSPS) is 16.2. The zero-order chi connectivity index (χ0) is 17.3. The highest BCUT2D eigenvalue weighted by Gasteiger charge is 2.29. The van der Waals surface area contributed by atoms with Gasteiger partial charge >= 0.3 is 0 Å². The highest BCUT2D eigenvalue weighted by Crippen LogP contribution is 2.38. The number of hydrogen-bond donors (Lipinski definition) is 2. The Morgan fingerprint density at radius 1 is 1.17 bits per heavy atom. The van der Waals surface area contributed by atoms with Crippen molar-refractivity contribution in [1.82, 2.24) is 4.31 Å². The van der Waals surface area contributed by atoms with E-state index < -0.39 is 15.9 Å². The van der Waals surface area contributed by atoms with E-state index in [0.717, 1.165) is 11.3 Å². The maximum atomic E-state index is 12.7. The van der Waals surface area contributed by atoms with E-state index in [0.29, 0.717) is 48.0 Å². The van der Waals surface area contributed by atoms with E-state index in [4.69, 9.17) is 16.2 Å². The molecule has 2 aromatic rings. The summed E-state index contributed by atoms with van der Waals surface area (Å²) in [7, 11) is -3.63. The minimum Gasteiger partial charge on any atom is -0.390 e. The molecule has 0 unspecified atom stereocenters. The summed E-state index contributed by atoms with van der Waals surface area (Å²) in [4.78, 5) is 11.6. The fourth-order valence-corrected chi connectivity index (χ4v) is 5.40. The lowest BCUT2D eigenvalue weighted by Crippen LogP contribution is -2.40. The third kappa shape index (κ3) is 3.03. The minimum atomic E-state index is -3.63. The summed E-state index contributed by atoms with van der Waals surface area (Å²) < 4.78 is 32.2. The van der Waals surface area contributed by atoms with Crippen LogP contribution >= 0.6 is 11.3 Å². The first kappa shape index (κ1) is 16.9. The van der Waals surface area contributed by atoms with Crippen LogP contribution in [0.1, 0.15) is 10.4 Å². The molecular formula is C15H17N3O4S2. The molecule has 0 spiro atoms. The number of morpholine rings is 1. The quantitative estimate of drug-likeness (QED) is 0.840. The Balaban J connectivity index is 2.04. The third-order valence-electron chi connectivity index (χ3n) is 3.79. The lowest BCUT2D eigenvalue weighted by Gasteiger charge is -2.25. The molecule has 1 saturated heterocycles. The molecule has 0 saturated carbocycles. The molecule has 0 aliphatic carbocycles. The van der Waals surface area contributed by atoms with Crippen molar-refractivity contribution in [1.29, 1.82) is 0 Å². The Morgan fingerprint density at radius 2 is 1.83 bits per heavy atom. The number of carbonyl (C=O) groups excluding carboxylic acids is 1. The van der Waals surface area contributed by atoms with Gasteiger partial charge in [-0.25, -0.2) is 8.42 Å². The molecular weight excluding hydrogens is 350 g/mol. The lowest BCUT2D eigenvalue weighted by molar-refractivity contribution is 0.0731. The van der Waals surface area contributed by atoms with Crippen molar-refractivity contribution in [3.05, 3.63) is 35.9 Å². The number of amides is 1. The fourth-order valence-electron chi connectivity index (χ4n) is 2.57. The van der Waals surface area contributed by atoms with Gasteiger partial charge in [0, 0.05) is 24.2 Å². The molecule has 1 aromatic carbocycles. The monoisotopic (exact) mass is 367 g/mol. The zero-order valence-electron chi connectivity index (χ0n) is 12.8. The van der Waals surface area contributed by atoms with Crippen molar-refractivity contribution in [3.63, 3.8) is 0 Å². The molecule has 128 valence electrons. The van der Waals surface area contributed by atoms with E-state index in [9.17, 15) is 13.2 Å². The predicted octanol–water partition coefficient (Wildman–Crippen LogP) is 1.12. The Morgan fingerprint density at radius 3 is 2.50 bits per heavy atom. The van der Waals surface area contributed by atoms with Gasteiger partial charge in [0.15, 0.2) is 0 Å². The summed E-state index contributed by atoms with van der Waals surface area (Å²) in [5.41, 5.74) is 12.8. The van der Waals surface area contributed by atoms with Crippen LogP contribution in [0.15, 0.2) is 34.5 Å². The molecule has 0 radical (unpaired) electrons. The summed E-state index contributed by atoms with van der Waals surface area (Å²) >= 11 is 0.985. The van der Waals surface area contributed by atoms with Crippen molar-refractivity contribution in [2.24, 2.45) is 5.73 Å². The van der Waals surface area contributed by atoms with Gasteiger partial charge in [0.2, 0.25) is 5.91 Å². The molecule has 24 heavy (non-hydrogen) atoms. The maximum absolute atomic E-state index is 12.7. The molecule has 1 aliphatic heterocycles. The van der Waals surface area contributed by atoms with Gasteiger partial charge in [-0.15, -0.1) is 11.3 Å². The predicted molar refractivity (Wildman–Crippen MR) is 92.3 cm³/mol. The molecule has 1 amide bonds. The molecule has 2 heterocycles. The lowest BCUT2D eigenvalue weighted by atomic mass is 10.0. The molecule has 4 N–H and O–H groups in total. The van der Waals surface area contributed by atoms with Gasteiger partial charge in [0.05, 0.1) is 18.2 Å². The van der Waals surface area contributed by atoms with Gasteiger partial charge in [-0.2, -0.15) is 4.31 Å². The third-order valence-corrected chi connectivity index (χ3v) is 7.10. The van der Waals surface area contributed by atoms with Crippen LogP contribution in [-0.2, 0) is 14.8 Å². The largest absolute Gasteiger partial charge is 0.390 e. The Kier molecular flexibility index (Phi) is 4.59. The minimum absolute atomic E-state index is 0.149. The molecule has 1 fully saturated rings. The zero-order valence-corrected chi connectivity index (χ0v) is 14.4. The Labute approximate surface area is 143 Å². The molecule has 0 atom stereocenters. The SMILES string of the molecule is NC(=O)c1ccccc1-c1cc(S(=O)(=O)N2CCOCC2)sc1N. The summed E-state index contributed by atoms with van der Waals surface area (Å²) in [6.07, 6.45) is 0. The van der Waals surface area contributed by atoms with Crippen LogP contribution in [0.5, 0.6) is 0 Å². The second-order valence-electron chi connectivity index (χ2n) is 5.27. The number of nitrogen functional groups attached to an aromatic ring is 1. The average Bonchev–Trinajstić information content (AvgIpc) is 2.98. The number of ether oxygens (including phenoxy) is 1. The van der Waals surface area contributed by atoms with Gasteiger partial charge in [-0.3, -0.25) is 4.79 Å². The van der Waals surface area contributed by atoms with Crippen molar-refractivity contribution < 1.29 is 17.9 Å². The highest BCUT2D eigenvalue weighted by molar-refractivity contribution is 7.91. The van der Waals surface area contributed by atoms with E-state index in [1.165, 1.54) is 10.4 Å². The number of hydrogen-bond acceptors (Lipinski definition) is 6. The molecule has 0 bridgehead atoms. The van der Waals surface area contributed by atoms with Crippen molar-refractivity contribution in [2.75, 3.05) is 32.0 Å². The van der Waals surface area contributed by atoms with Crippen LogP contribution in [0.2, 0.25) is 0 Å². The van der Waals surface area contributed by atoms with Crippen LogP contribution in [0.25, 0.3) is 11.1 Å². The first-order valence-electron chi connectivity index (χ1n) is 7.27.